The molecule has 0 amide bonds. The molecule has 3 heterocycles. The molecule has 9 atom stereocenters. The first-order chi connectivity index (χ1) is 28.8. The lowest BCUT2D eigenvalue weighted by Crippen LogP contribution is -2.34. The third kappa shape index (κ3) is 12.3. The van der Waals surface area contributed by atoms with Crippen molar-refractivity contribution in [2.45, 2.75) is 103 Å². The summed E-state index contributed by atoms with van der Waals surface area (Å²) in [6.45, 7) is 10.4. The quantitative estimate of drug-likeness (QED) is 0.162. The lowest BCUT2D eigenvalue weighted by Gasteiger charge is -2.22. The minimum atomic E-state index is -1.59. The Morgan fingerprint density at radius 3 is 2.03 bits per heavy atom. The highest BCUT2D eigenvalue weighted by molar-refractivity contribution is 5.99. The van der Waals surface area contributed by atoms with E-state index in [0.717, 1.165) is 6.08 Å². The maximum Gasteiger partial charge on any atom is 0.342 e. The summed E-state index contributed by atoms with van der Waals surface area (Å²) in [6, 6.07) is 3.85. The number of ketones is 1. The molecule has 1 fully saturated rings. The molecule has 3 aliphatic rings. The highest BCUT2D eigenvalue weighted by Gasteiger charge is 2.43. The maximum atomic E-state index is 14.8. The van der Waals surface area contributed by atoms with Gasteiger partial charge in [-0.05, 0) is 58.7 Å². The van der Waals surface area contributed by atoms with Gasteiger partial charge in [0.15, 0.2) is 29.9 Å². The van der Waals surface area contributed by atoms with Crippen LogP contribution in [0.3, 0.4) is 0 Å². The Kier molecular flexibility index (Phi) is 17.2. The van der Waals surface area contributed by atoms with Gasteiger partial charge in [0.1, 0.15) is 59.0 Å². The van der Waals surface area contributed by atoms with Gasteiger partial charge in [-0.25, -0.2) is 14.0 Å². The Hall–Kier alpha value is -5.10. The van der Waals surface area contributed by atoms with Crippen LogP contribution in [0.25, 0.3) is 12.2 Å². The number of carbonyl (C=O) groups excluding carboxylic acids is 3. The number of aromatic hydroxyl groups is 1. The van der Waals surface area contributed by atoms with Crippen LogP contribution in [0.2, 0.25) is 0 Å². The predicted octanol–water partition coefficient (Wildman–Crippen LogP) is 5.70. The molecule has 5 rings (SSSR count). The maximum absolute atomic E-state index is 14.8. The van der Waals surface area contributed by atoms with Crippen molar-refractivity contribution in [3.63, 3.8) is 0 Å². The van der Waals surface area contributed by atoms with E-state index in [1.807, 2.05) is 6.92 Å². The van der Waals surface area contributed by atoms with Crippen LogP contribution in [0.15, 0.2) is 54.7 Å². The number of carbonyl (C=O) groups is 3. The zero-order valence-electron chi connectivity index (χ0n) is 35.8. The minimum absolute atomic E-state index is 0.0149. The zero-order valence-corrected chi connectivity index (χ0v) is 35.8. The van der Waals surface area contributed by atoms with Crippen molar-refractivity contribution in [1.29, 1.82) is 0 Å². The van der Waals surface area contributed by atoms with Crippen LogP contribution in [0, 0.1) is 17.7 Å². The van der Waals surface area contributed by atoms with Crippen molar-refractivity contribution in [3.8, 4) is 23.0 Å². The molecule has 0 radical (unpaired) electrons. The van der Waals surface area contributed by atoms with Gasteiger partial charge in [0.05, 0.1) is 26.4 Å². The van der Waals surface area contributed by atoms with Gasteiger partial charge in [0, 0.05) is 36.1 Å². The second-order valence-electron chi connectivity index (χ2n) is 15.3. The highest BCUT2D eigenvalue weighted by Crippen LogP contribution is 2.41. The van der Waals surface area contributed by atoms with Crippen LogP contribution < -0.4 is 14.2 Å². The molecule has 0 aromatic heterocycles. The van der Waals surface area contributed by atoms with Crippen molar-refractivity contribution >= 4 is 29.9 Å². The molecule has 61 heavy (non-hydrogen) atoms. The Morgan fingerprint density at radius 2 is 1.39 bits per heavy atom. The molecule has 0 aliphatic carbocycles. The highest BCUT2D eigenvalue weighted by atomic mass is 19.1. The van der Waals surface area contributed by atoms with Crippen LogP contribution in [-0.4, -0.2) is 115 Å². The van der Waals surface area contributed by atoms with E-state index in [-0.39, 0.29) is 70.3 Å². The van der Waals surface area contributed by atoms with Gasteiger partial charge in [0.2, 0.25) is 0 Å². The number of ether oxygens (including phenoxy) is 8. The molecular formula is C45H57FO15. The van der Waals surface area contributed by atoms with Crippen molar-refractivity contribution in [2.24, 2.45) is 11.8 Å². The average Bonchev–Trinajstić information content (AvgIpc) is 3.53. The molecule has 3 aliphatic heterocycles. The van der Waals surface area contributed by atoms with Gasteiger partial charge in [-0.1, -0.05) is 56.4 Å². The number of methoxy groups -OCH3 is 3. The van der Waals surface area contributed by atoms with Gasteiger partial charge in [0.25, 0.3) is 0 Å². The molecular weight excluding hydrogens is 799 g/mol. The van der Waals surface area contributed by atoms with Crippen LogP contribution in [0.5, 0.6) is 23.0 Å². The van der Waals surface area contributed by atoms with Crippen LogP contribution >= 0.6 is 0 Å². The fourth-order valence-electron chi connectivity index (χ4n) is 6.60. The fraction of sp³-hybridized carbons (Fsp3) is 0.489. The summed E-state index contributed by atoms with van der Waals surface area (Å²) in [5.41, 5.74) is 0.102. The Bertz CT molecular complexity index is 1990. The molecule has 0 saturated carbocycles. The SMILES string of the molecule is COCOc1ccc(F)c2c1C(=O)O[C@@H](C)[C@H](C)/C=C\C(O)[C@H]1OC(C)(C)O[C@H]1CC=C2.COc1cc(O)c2c(c1OC)/C=C/C[C@H](O)[C@H](O)C(=O)/C=C\[C@@H](C)[C@H](C)OC2=O. The number of halogens is 1. The molecule has 2 aromatic rings. The van der Waals surface area contributed by atoms with Gasteiger partial charge < -0.3 is 58.3 Å². The van der Waals surface area contributed by atoms with E-state index >= 15 is 0 Å². The van der Waals surface area contributed by atoms with Gasteiger partial charge in [-0.3, -0.25) is 4.79 Å². The minimum Gasteiger partial charge on any atom is -0.507 e. The molecule has 0 spiro atoms. The van der Waals surface area contributed by atoms with E-state index in [1.54, 1.807) is 52.8 Å². The van der Waals surface area contributed by atoms with Crippen LogP contribution in [0.4, 0.5) is 4.39 Å². The number of hydrogen-bond donors (Lipinski definition) is 4. The van der Waals surface area contributed by atoms with Crippen molar-refractivity contribution in [2.75, 3.05) is 28.1 Å². The first-order valence-electron chi connectivity index (χ1n) is 19.8. The number of hydrogen-bond acceptors (Lipinski definition) is 15. The third-order valence-corrected chi connectivity index (χ3v) is 10.4. The molecule has 334 valence electrons. The molecule has 4 N–H and O–H groups in total. The summed E-state index contributed by atoms with van der Waals surface area (Å²) in [6.07, 6.45) is 6.30. The number of phenolic OH excluding ortho intramolecular Hbond substituents is 1. The Morgan fingerprint density at radius 1 is 0.770 bits per heavy atom. The number of rotatable bonds is 5. The predicted molar refractivity (Wildman–Crippen MR) is 221 cm³/mol. The van der Waals surface area contributed by atoms with Gasteiger partial charge in [-0.15, -0.1) is 0 Å². The summed E-state index contributed by atoms with van der Waals surface area (Å²) in [5.74, 6) is -3.99. The normalized spacial score (nSPS) is 29.7. The zero-order chi connectivity index (χ0) is 45.2. The Balaban J connectivity index is 0.000000270. The van der Waals surface area contributed by atoms with Crippen molar-refractivity contribution in [3.05, 3.63) is 82.7 Å². The van der Waals surface area contributed by atoms with Gasteiger partial charge >= 0.3 is 11.9 Å². The number of aliphatic hydroxyl groups is 3. The number of fused-ring (bicyclic) bond motifs is 3. The third-order valence-electron chi connectivity index (χ3n) is 10.4. The lowest BCUT2D eigenvalue weighted by atomic mass is 9.99. The summed E-state index contributed by atoms with van der Waals surface area (Å²) in [4.78, 5) is 37.9. The van der Waals surface area contributed by atoms with E-state index in [2.05, 4.69) is 0 Å². The number of benzene rings is 2. The molecule has 0 bridgehead atoms. The summed E-state index contributed by atoms with van der Waals surface area (Å²) < 4.78 is 58.7. The van der Waals surface area contributed by atoms with Crippen LogP contribution in [-0.2, 0) is 28.5 Å². The van der Waals surface area contributed by atoms with E-state index in [9.17, 15) is 39.2 Å². The largest absolute Gasteiger partial charge is 0.507 e. The van der Waals surface area contributed by atoms with Gasteiger partial charge in [-0.2, -0.15) is 0 Å². The van der Waals surface area contributed by atoms with Crippen LogP contribution in [0.1, 0.15) is 86.2 Å². The molecule has 16 heteroatoms. The summed E-state index contributed by atoms with van der Waals surface area (Å²) in [7, 11) is 4.22. The second-order valence-corrected chi connectivity index (χ2v) is 15.3. The average molecular weight is 857 g/mol. The van der Waals surface area contributed by atoms with Crippen molar-refractivity contribution in [1.82, 2.24) is 0 Å². The number of phenols is 1. The van der Waals surface area contributed by atoms with E-state index in [1.165, 1.54) is 63.8 Å². The number of aliphatic hydroxyl groups excluding tert-OH is 3. The van der Waals surface area contributed by atoms with E-state index < -0.39 is 72.1 Å². The fourth-order valence-corrected chi connectivity index (χ4v) is 6.60. The standard InChI is InChI=1S/C24H31FO7.C21H26O8/c1-14-9-11-18(26)22-20(31-24(3,4)32-22)8-6-7-16-17(25)10-12-19(29-13-28-5)21(16)23(27)30-15(14)2;1-11-8-9-15(23)19(25)14(22)7-5-6-13-18(21(26)29-12(11)2)16(24)10-17(27-3)20(13)28-4/h6-7,9-12,14-15,18,20,22,26H,8,13H2,1-5H3;5-6,8-12,14,19,22,24-25H,7H2,1-4H3/b7-6?,11-9-;6-5+,9-8-/t14-,15+,18?,20+,22-;11-,12+,14+,19+/m11/s1. The summed E-state index contributed by atoms with van der Waals surface area (Å²) in [5, 5.41) is 41.2. The van der Waals surface area contributed by atoms with E-state index in [4.69, 9.17) is 37.9 Å². The smallest absolute Gasteiger partial charge is 0.342 e. The first kappa shape index (κ1) is 48.6. The molecule has 15 nitrogen and oxygen atoms in total. The number of cyclic esters (lactones) is 2. The van der Waals surface area contributed by atoms with Crippen molar-refractivity contribution < 1.29 is 77.1 Å². The molecule has 2 aromatic carbocycles. The van der Waals surface area contributed by atoms with E-state index in [0.29, 0.717) is 6.42 Å². The topological polar surface area (TPSA) is 206 Å². The molecule has 1 saturated heterocycles. The second kappa shape index (κ2) is 21.6. The first-order valence-corrected chi connectivity index (χ1v) is 19.8. The lowest BCUT2D eigenvalue weighted by molar-refractivity contribution is -0.152. The monoisotopic (exact) mass is 856 g/mol. The molecule has 1 unspecified atom stereocenters. The number of esters is 2. The summed E-state index contributed by atoms with van der Waals surface area (Å²) >= 11 is 0. The Labute approximate surface area is 354 Å².